The lowest BCUT2D eigenvalue weighted by Gasteiger charge is -2.12. The van der Waals surface area contributed by atoms with Crippen molar-refractivity contribution in [3.8, 4) is 11.5 Å². The van der Waals surface area contributed by atoms with Crippen LogP contribution >= 0.6 is 11.6 Å². The molecule has 2 aromatic rings. The van der Waals surface area contributed by atoms with Gasteiger partial charge in [0.25, 0.3) is 0 Å². The molecule has 0 saturated heterocycles. The number of rotatable bonds is 3. The zero-order valence-corrected chi connectivity index (χ0v) is 11.1. The Kier molecular flexibility index (Phi) is 4.09. The molecule has 110 valence electrons. The van der Waals surface area contributed by atoms with Crippen LogP contribution in [0.2, 0.25) is 5.02 Å². The molecule has 0 aliphatic carbocycles. The molecule has 0 atom stereocenters. The normalized spacial score (nSPS) is 11.2. The summed E-state index contributed by atoms with van der Waals surface area (Å²) in [7, 11) is 0. The van der Waals surface area contributed by atoms with Crippen LogP contribution in [-0.4, -0.2) is 11.1 Å². The minimum atomic E-state index is -4.51. The van der Waals surface area contributed by atoms with Crippen molar-refractivity contribution < 1.29 is 27.8 Å². The molecule has 0 radical (unpaired) electrons. The van der Waals surface area contributed by atoms with Crippen molar-refractivity contribution in [2.45, 2.75) is 6.18 Å². The molecule has 0 heterocycles. The van der Waals surface area contributed by atoms with E-state index in [4.69, 9.17) is 21.4 Å². The molecule has 0 unspecified atom stereocenters. The summed E-state index contributed by atoms with van der Waals surface area (Å²) in [5.74, 6) is -1.59. The molecule has 21 heavy (non-hydrogen) atoms. The standard InChI is InChI=1S/C14H8ClF3O3/c15-10-5-2-6-11(12(10)13(19)20)21-9-4-1-3-8(7-9)14(16,17)18/h1-7H,(H,19,20). The molecule has 2 rings (SSSR count). The van der Waals surface area contributed by atoms with Crippen LogP contribution in [0.15, 0.2) is 42.5 Å². The Balaban J connectivity index is 2.40. The average molecular weight is 317 g/mol. The minimum absolute atomic E-state index is 0.0630. The number of alkyl halides is 3. The molecule has 0 aromatic heterocycles. The lowest BCUT2D eigenvalue weighted by Crippen LogP contribution is -2.05. The number of carboxylic acid groups (broad SMARTS) is 1. The van der Waals surface area contributed by atoms with Gasteiger partial charge in [0.05, 0.1) is 10.6 Å². The van der Waals surface area contributed by atoms with Crippen LogP contribution in [0, 0.1) is 0 Å². The Morgan fingerprint density at radius 1 is 1.14 bits per heavy atom. The second-order valence-corrected chi connectivity index (χ2v) is 4.45. The van der Waals surface area contributed by atoms with Gasteiger partial charge in [-0.2, -0.15) is 13.2 Å². The van der Waals surface area contributed by atoms with Crippen molar-refractivity contribution in [3.63, 3.8) is 0 Å². The lowest BCUT2D eigenvalue weighted by molar-refractivity contribution is -0.137. The minimum Gasteiger partial charge on any atom is -0.478 e. The van der Waals surface area contributed by atoms with Gasteiger partial charge >= 0.3 is 12.1 Å². The van der Waals surface area contributed by atoms with E-state index in [9.17, 15) is 18.0 Å². The molecule has 0 spiro atoms. The summed E-state index contributed by atoms with van der Waals surface area (Å²) in [6, 6.07) is 8.25. The number of carboxylic acids is 1. The van der Waals surface area contributed by atoms with Crippen molar-refractivity contribution >= 4 is 17.6 Å². The van der Waals surface area contributed by atoms with Gasteiger partial charge < -0.3 is 9.84 Å². The predicted molar refractivity (Wildman–Crippen MR) is 69.9 cm³/mol. The fourth-order valence-corrected chi connectivity index (χ4v) is 1.91. The Morgan fingerprint density at radius 2 is 1.81 bits per heavy atom. The predicted octanol–water partition coefficient (Wildman–Crippen LogP) is 4.85. The largest absolute Gasteiger partial charge is 0.478 e. The molecule has 0 fully saturated rings. The van der Waals surface area contributed by atoms with E-state index in [1.807, 2.05) is 0 Å². The van der Waals surface area contributed by atoms with E-state index in [1.54, 1.807) is 0 Å². The number of carbonyl (C=O) groups is 1. The average Bonchev–Trinajstić information content (AvgIpc) is 2.37. The van der Waals surface area contributed by atoms with E-state index < -0.39 is 17.7 Å². The Labute approximate surface area is 122 Å². The maximum Gasteiger partial charge on any atom is 0.416 e. The van der Waals surface area contributed by atoms with Gasteiger partial charge in [-0.15, -0.1) is 0 Å². The third-order valence-electron chi connectivity index (χ3n) is 2.58. The second kappa shape index (κ2) is 5.65. The van der Waals surface area contributed by atoms with Crippen LogP contribution in [0.3, 0.4) is 0 Å². The van der Waals surface area contributed by atoms with Crippen LogP contribution in [-0.2, 0) is 6.18 Å². The summed E-state index contributed by atoms with van der Waals surface area (Å²) in [5.41, 5.74) is -1.20. The summed E-state index contributed by atoms with van der Waals surface area (Å²) in [6.07, 6.45) is -4.51. The molecule has 0 bridgehead atoms. The summed E-state index contributed by atoms with van der Waals surface area (Å²) >= 11 is 5.75. The van der Waals surface area contributed by atoms with Crippen LogP contribution < -0.4 is 4.74 Å². The molecular formula is C14H8ClF3O3. The molecule has 0 aliphatic rings. The van der Waals surface area contributed by atoms with E-state index in [0.29, 0.717) is 0 Å². The summed E-state index contributed by atoms with van der Waals surface area (Å²) in [4.78, 5) is 11.1. The maximum absolute atomic E-state index is 12.6. The molecule has 7 heteroatoms. The highest BCUT2D eigenvalue weighted by molar-refractivity contribution is 6.33. The fourth-order valence-electron chi connectivity index (χ4n) is 1.66. The van der Waals surface area contributed by atoms with Crippen LogP contribution in [0.1, 0.15) is 15.9 Å². The molecule has 0 amide bonds. The molecule has 0 aliphatic heterocycles. The zero-order valence-electron chi connectivity index (χ0n) is 10.3. The third-order valence-corrected chi connectivity index (χ3v) is 2.89. The van der Waals surface area contributed by atoms with Crippen molar-refractivity contribution in [2.75, 3.05) is 0 Å². The molecule has 3 nitrogen and oxygen atoms in total. The van der Waals surface area contributed by atoms with Crippen molar-refractivity contribution in [1.29, 1.82) is 0 Å². The second-order valence-electron chi connectivity index (χ2n) is 4.05. The van der Waals surface area contributed by atoms with Gasteiger partial charge in [0.2, 0.25) is 0 Å². The smallest absolute Gasteiger partial charge is 0.416 e. The van der Waals surface area contributed by atoms with Crippen molar-refractivity contribution in [1.82, 2.24) is 0 Å². The number of hydrogen-bond donors (Lipinski definition) is 1. The first-order valence-corrected chi connectivity index (χ1v) is 6.04. The number of halogens is 4. The van der Waals surface area contributed by atoms with E-state index in [-0.39, 0.29) is 22.1 Å². The van der Waals surface area contributed by atoms with E-state index in [0.717, 1.165) is 12.1 Å². The highest BCUT2D eigenvalue weighted by Crippen LogP contribution is 2.34. The molecule has 1 N–H and O–H groups in total. The van der Waals surface area contributed by atoms with Gasteiger partial charge in [-0.25, -0.2) is 4.79 Å². The highest BCUT2D eigenvalue weighted by Gasteiger charge is 2.30. The van der Waals surface area contributed by atoms with Gasteiger partial charge in [-0.1, -0.05) is 23.7 Å². The zero-order chi connectivity index (χ0) is 15.6. The molecule has 0 saturated carbocycles. The maximum atomic E-state index is 12.6. The number of aromatic carboxylic acids is 1. The van der Waals surface area contributed by atoms with Crippen molar-refractivity contribution in [2.24, 2.45) is 0 Å². The first kappa shape index (κ1) is 15.2. The van der Waals surface area contributed by atoms with Gasteiger partial charge in [0.15, 0.2) is 0 Å². The van der Waals surface area contributed by atoms with Crippen LogP contribution in [0.5, 0.6) is 11.5 Å². The highest BCUT2D eigenvalue weighted by atomic mass is 35.5. The van der Waals surface area contributed by atoms with Crippen LogP contribution in [0.4, 0.5) is 13.2 Å². The van der Waals surface area contributed by atoms with Gasteiger partial charge in [-0.3, -0.25) is 0 Å². The molecular weight excluding hydrogens is 309 g/mol. The number of benzene rings is 2. The SMILES string of the molecule is O=C(O)c1c(Cl)cccc1Oc1cccc(C(F)(F)F)c1. The van der Waals surface area contributed by atoms with Gasteiger partial charge in [0, 0.05) is 0 Å². The van der Waals surface area contributed by atoms with E-state index >= 15 is 0 Å². The monoisotopic (exact) mass is 316 g/mol. The van der Waals surface area contributed by atoms with Gasteiger partial charge in [0.1, 0.15) is 17.1 Å². The lowest BCUT2D eigenvalue weighted by atomic mass is 10.2. The quantitative estimate of drug-likeness (QED) is 0.880. The van der Waals surface area contributed by atoms with E-state index in [2.05, 4.69) is 0 Å². The van der Waals surface area contributed by atoms with Gasteiger partial charge in [-0.05, 0) is 30.3 Å². The number of ether oxygens (including phenoxy) is 1. The number of hydrogen-bond acceptors (Lipinski definition) is 2. The topological polar surface area (TPSA) is 46.5 Å². The summed E-state index contributed by atoms with van der Waals surface area (Å²) < 4.78 is 43.0. The molecule has 2 aromatic carbocycles. The Morgan fingerprint density at radius 3 is 2.43 bits per heavy atom. The van der Waals surface area contributed by atoms with E-state index in [1.165, 1.54) is 30.3 Å². The first-order valence-electron chi connectivity index (χ1n) is 5.66. The third kappa shape index (κ3) is 3.46. The fraction of sp³-hybridized carbons (Fsp3) is 0.0714. The first-order chi connectivity index (χ1) is 9.79. The summed E-state index contributed by atoms with van der Waals surface area (Å²) in [6.45, 7) is 0. The van der Waals surface area contributed by atoms with Crippen molar-refractivity contribution in [3.05, 3.63) is 58.6 Å². The van der Waals surface area contributed by atoms with Crippen LogP contribution in [0.25, 0.3) is 0 Å². The Hall–Kier alpha value is -2.21. The Bertz CT molecular complexity index is 683. The summed E-state index contributed by atoms with van der Waals surface area (Å²) in [5, 5.41) is 9.00.